The van der Waals surface area contributed by atoms with Crippen molar-refractivity contribution >= 4 is 35.0 Å². The molecule has 0 spiro atoms. The Hall–Kier alpha value is -4.40. The topological polar surface area (TPSA) is 128 Å². The van der Waals surface area contributed by atoms with Crippen molar-refractivity contribution in [2.45, 2.75) is 44.6 Å². The average Bonchev–Trinajstić information content (AvgIpc) is 2.98. The molecule has 1 saturated heterocycles. The van der Waals surface area contributed by atoms with Crippen molar-refractivity contribution in [3.63, 3.8) is 0 Å². The lowest BCUT2D eigenvalue weighted by atomic mass is 10.2. The Kier molecular flexibility index (Phi) is 10.9. The number of alkyl halides is 9. The number of pyridine rings is 1. The molecule has 0 aliphatic carbocycles. The van der Waals surface area contributed by atoms with Crippen molar-refractivity contribution in [3.8, 4) is 5.75 Å². The molecule has 0 radical (unpaired) electrons. The van der Waals surface area contributed by atoms with E-state index >= 15 is 0 Å². The summed E-state index contributed by atoms with van der Waals surface area (Å²) in [5.41, 5.74) is -5.08. The lowest BCUT2D eigenvalue weighted by Gasteiger charge is -2.33. The van der Waals surface area contributed by atoms with Gasteiger partial charge in [-0.15, -0.1) is 0 Å². The van der Waals surface area contributed by atoms with Crippen LogP contribution in [0, 0.1) is 0 Å². The van der Waals surface area contributed by atoms with Crippen LogP contribution < -0.4 is 25.4 Å². The molecule has 48 heavy (non-hydrogen) atoms. The minimum absolute atomic E-state index is 0.00258. The first-order valence-electron chi connectivity index (χ1n) is 13.6. The van der Waals surface area contributed by atoms with Crippen LogP contribution in [0.5, 0.6) is 5.75 Å². The number of amides is 1. The molecule has 0 aromatic carbocycles. The van der Waals surface area contributed by atoms with Crippen LogP contribution in [-0.2, 0) is 28.6 Å². The van der Waals surface area contributed by atoms with Crippen LogP contribution in [0.2, 0.25) is 5.02 Å². The van der Waals surface area contributed by atoms with E-state index < -0.39 is 72.6 Å². The van der Waals surface area contributed by atoms with Crippen molar-refractivity contribution < 1.29 is 53.8 Å². The summed E-state index contributed by atoms with van der Waals surface area (Å²) in [6.07, 6.45) is -12.7. The van der Waals surface area contributed by atoms with Crippen molar-refractivity contribution in [1.29, 1.82) is 0 Å². The van der Waals surface area contributed by atoms with Gasteiger partial charge in [-0.05, 0) is 6.92 Å². The minimum Gasteiger partial charge on any atom is -0.490 e. The highest BCUT2D eigenvalue weighted by molar-refractivity contribution is 6.32. The molecule has 4 rings (SSSR count). The molecule has 1 amide bonds. The van der Waals surface area contributed by atoms with Crippen LogP contribution in [0.1, 0.15) is 24.5 Å². The van der Waals surface area contributed by atoms with Gasteiger partial charge in [0.2, 0.25) is 11.9 Å². The number of aromatic nitrogens is 5. The van der Waals surface area contributed by atoms with Crippen molar-refractivity contribution in [3.05, 3.63) is 57.4 Å². The van der Waals surface area contributed by atoms with Gasteiger partial charge in [0.25, 0.3) is 5.56 Å². The van der Waals surface area contributed by atoms with Crippen LogP contribution in [0.4, 0.5) is 57.0 Å². The Labute approximate surface area is 269 Å². The number of halogens is 10. The highest BCUT2D eigenvalue weighted by Gasteiger charge is 2.39. The zero-order chi connectivity index (χ0) is 35.4. The van der Waals surface area contributed by atoms with Crippen molar-refractivity contribution in [1.82, 2.24) is 24.7 Å². The van der Waals surface area contributed by atoms with Gasteiger partial charge in [0.15, 0.2) is 0 Å². The number of hydrogen-bond donors (Lipinski definition) is 1. The lowest BCUT2D eigenvalue weighted by molar-refractivity contribution is -0.148. The number of piperazine rings is 1. The molecular weight excluding hydrogens is 695 g/mol. The highest BCUT2D eigenvalue weighted by atomic mass is 35.5. The summed E-state index contributed by atoms with van der Waals surface area (Å²) in [5, 5.41) is 6.00. The molecule has 1 unspecified atom stereocenters. The van der Waals surface area contributed by atoms with Crippen LogP contribution >= 0.6 is 11.6 Å². The second-order valence-corrected chi connectivity index (χ2v) is 10.6. The molecule has 12 nitrogen and oxygen atoms in total. The predicted molar refractivity (Wildman–Crippen MR) is 150 cm³/mol. The number of carbonyl (C=O) groups excluding carboxylic acids is 1. The fraction of sp³-hybridized carbons (Fsp3) is 0.462. The normalized spacial score (nSPS) is 15.1. The first-order chi connectivity index (χ1) is 22.3. The molecule has 22 heteroatoms. The fourth-order valence-electron chi connectivity index (χ4n) is 4.21. The molecule has 262 valence electrons. The molecule has 1 fully saturated rings. The standard InChI is InChI=1S/C26H24ClF9N8O4/c1-14(41-17-10-40-44(13-47-5-2-24(28,29)30)22(46)21(17)26(34,35)36)12-48-18-6-19(37-9-16(18)27)43-4-3-42(11-20(43)45)23-38-7-15(8-39-23)25(31,32)33/h6-10,14,41H,2-5,11-13H2,1H3. The smallest absolute Gasteiger partial charge is 0.423 e. The molecule has 1 N–H and O–H groups in total. The minimum atomic E-state index is -5.17. The van der Waals surface area contributed by atoms with E-state index in [4.69, 9.17) is 16.3 Å². The second kappa shape index (κ2) is 14.4. The van der Waals surface area contributed by atoms with Gasteiger partial charge in [-0.25, -0.2) is 19.6 Å². The van der Waals surface area contributed by atoms with Crippen molar-refractivity contribution in [2.75, 3.05) is 48.0 Å². The predicted octanol–water partition coefficient (Wildman–Crippen LogP) is 4.78. The summed E-state index contributed by atoms with van der Waals surface area (Å²) < 4.78 is 127. The van der Waals surface area contributed by atoms with E-state index in [1.165, 1.54) is 29.0 Å². The Morgan fingerprint density at radius 2 is 1.65 bits per heavy atom. The van der Waals surface area contributed by atoms with Crippen molar-refractivity contribution in [2.24, 2.45) is 0 Å². The SMILES string of the molecule is CC(COc1cc(N2CCN(c3ncc(C(F)(F)F)cn3)CC2=O)ncc1Cl)Nc1cnn(COCCC(F)(F)F)c(=O)c1C(F)(F)F. The molecule has 4 heterocycles. The van der Waals surface area contributed by atoms with Gasteiger partial charge in [-0.1, -0.05) is 11.6 Å². The largest absolute Gasteiger partial charge is 0.490 e. The molecule has 3 aromatic heterocycles. The molecular formula is C26H24ClF9N8O4. The fourth-order valence-corrected chi connectivity index (χ4v) is 4.37. The summed E-state index contributed by atoms with van der Waals surface area (Å²) in [6.45, 7) is -0.880. The Balaban J connectivity index is 1.39. The maximum absolute atomic E-state index is 13.8. The summed E-state index contributed by atoms with van der Waals surface area (Å²) in [5.74, 6) is -0.496. The van der Waals surface area contributed by atoms with Crippen LogP contribution in [0.25, 0.3) is 0 Å². The van der Waals surface area contributed by atoms with E-state index in [9.17, 15) is 49.1 Å². The molecule has 0 saturated carbocycles. The number of rotatable bonds is 11. The van der Waals surface area contributed by atoms with E-state index in [0.29, 0.717) is 18.6 Å². The van der Waals surface area contributed by atoms with E-state index in [2.05, 4.69) is 30.1 Å². The zero-order valence-electron chi connectivity index (χ0n) is 24.5. The summed E-state index contributed by atoms with van der Waals surface area (Å²) >= 11 is 6.17. The first kappa shape index (κ1) is 36.4. The number of nitrogens with one attached hydrogen (secondary N) is 1. The first-order valence-corrected chi connectivity index (χ1v) is 14.0. The van der Waals surface area contributed by atoms with E-state index in [1.54, 1.807) is 0 Å². The number of anilines is 3. The summed E-state index contributed by atoms with van der Waals surface area (Å²) in [7, 11) is 0. The average molecular weight is 719 g/mol. The number of carbonyl (C=O) groups is 1. The third kappa shape index (κ3) is 9.36. The second-order valence-electron chi connectivity index (χ2n) is 10.2. The van der Waals surface area contributed by atoms with E-state index in [-0.39, 0.29) is 53.5 Å². The molecule has 3 aromatic rings. The summed E-state index contributed by atoms with van der Waals surface area (Å²) in [4.78, 5) is 39.5. The summed E-state index contributed by atoms with van der Waals surface area (Å²) in [6, 6.07) is 0.396. The molecule has 1 aliphatic rings. The maximum atomic E-state index is 13.8. The highest BCUT2D eigenvalue weighted by Crippen LogP contribution is 2.33. The van der Waals surface area contributed by atoms with Gasteiger partial charge >= 0.3 is 18.5 Å². The lowest BCUT2D eigenvalue weighted by Crippen LogP contribution is -2.51. The Morgan fingerprint density at radius 1 is 0.958 bits per heavy atom. The van der Waals surface area contributed by atoms with Gasteiger partial charge in [0.1, 0.15) is 42.0 Å². The number of nitrogens with zero attached hydrogens (tertiary/aromatic N) is 7. The Morgan fingerprint density at radius 3 is 2.25 bits per heavy atom. The van der Waals surface area contributed by atoms with Gasteiger partial charge in [0.05, 0.1) is 42.7 Å². The van der Waals surface area contributed by atoms with Crippen LogP contribution in [-0.4, -0.2) is 75.7 Å². The van der Waals surface area contributed by atoms with Gasteiger partial charge in [0, 0.05) is 31.5 Å². The maximum Gasteiger partial charge on any atom is 0.423 e. The number of ether oxygens (including phenoxy) is 2. The quantitative estimate of drug-likeness (QED) is 0.219. The third-order valence-electron chi connectivity index (χ3n) is 6.51. The van der Waals surface area contributed by atoms with Gasteiger partial charge < -0.3 is 19.7 Å². The molecule has 0 bridgehead atoms. The third-order valence-corrected chi connectivity index (χ3v) is 6.80. The van der Waals surface area contributed by atoms with E-state index in [1.807, 2.05) is 0 Å². The zero-order valence-corrected chi connectivity index (χ0v) is 25.2. The van der Waals surface area contributed by atoms with Gasteiger partial charge in [-0.2, -0.15) is 44.6 Å². The monoisotopic (exact) mass is 718 g/mol. The molecule has 1 aliphatic heterocycles. The molecule has 1 atom stereocenters. The number of hydrogen-bond acceptors (Lipinski definition) is 10. The van der Waals surface area contributed by atoms with E-state index in [0.717, 1.165) is 0 Å². The van der Waals surface area contributed by atoms with Crippen LogP contribution in [0.15, 0.2) is 35.6 Å². The Bertz CT molecular complexity index is 1650. The van der Waals surface area contributed by atoms with Crippen LogP contribution in [0.3, 0.4) is 0 Å². The van der Waals surface area contributed by atoms with Gasteiger partial charge in [-0.3, -0.25) is 14.5 Å².